The highest BCUT2D eigenvalue weighted by atomic mass is 19.1. The molecule has 0 heterocycles. The van der Waals surface area contributed by atoms with Gasteiger partial charge in [-0.05, 0) is 36.4 Å². The lowest BCUT2D eigenvalue weighted by Crippen LogP contribution is -2.15. The Balaban J connectivity index is 2.25. The molecule has 0 unspecified atom stereocenters. The van der Waals surface area contributed by atoms with Crippen LogP contribution in [0.1, 0.15) is 20.7 Å². The van der Waals surface area contributed by atoms with E-state index in [0.717, 1.165) is 24.3 Å². The van der Waals surface area contributed by atoms with Crippen LogP contribution in [0, 0.1) is 11.6 Å². The average molecular weight is 292 g/mol. The van der Waals surface area contributed by atoms with Crippen LogP contribution >= 0.6 is 0 Å². The first-order valence-electron chi connectivity index (χ1n) is 5.77. The molecule has 2 aromatic carbocycles. The first-order chi connectivity index (χ1) is 9.88. The molecular formula is C14H10F2N2O3. The number of hydrogen-bond acceptors (Lipinski definition) is 3. The van der Waals surface area contributed by atoms with Gasteiger partial charge in [0.1, 0.15) is 11.6 Å². The van der Waals surface area contributed by atoms with Crippen molar-refractivity contribution in [2.45, 2.75) is 0 Å². The summed E-state index contributed by atoms with van der Waals surface area (Å²) in [6.45, 7) is 0. The number of carboxylic acid groups (broad SMARTS) is 1. The number of rotatable bonds is 3. The van der Waals surface area contributed by atoms with Gasteiger partial charge in [-0.2, -0.15) is 0 Å². The zero-order valence-corrected chi connectivity index (χ0v) is 10.6. The van der Waals surface area contributed by atoms with Gasteiger partial charge in [0.05, 0.1) is 16.8 Å². The van der Waals surface area contributed by atoms with Crippen LogP contribution in [0.5, 0.6) is 0 Å². The quantitative estimate of drug-likeness (QED) is 0.758. The van der Waals surface area contributed by atoms with E-state index in [1.807, 2.05) is 0 Å². The fourth-order valence-corrected chi connectivity index (χ4v) is 1.65. The van der Waals surface area contributed by atoms with Crippen molar-refractivity contribution in [3.63, 3.8) is 0 Å². The van der Waals surface area contributed by atoms with Gasteiger partial charge in [0.25, 0.3) is 5.91 Å². The number of nitrogens with one attached hydrogen (secondary N) is 1. The van der Waals surface area contributed by atoms with Crippen molar-refractivity contribution in [3.8, 4) is 0 Å². The highest BCUT2D eigenvalue weighted by molar-refractivity contribution is 6.04. The van der Waals surface area contributed by atoms with E-state index in [9.17, 15) is 18.4 Å². The molecule has 0 fully saturated rings. The molecule has 2 rings (SSSR count). The molecule has 0 bridgehead atoms. The van der Waals surface area contributed by atoms with Crippen molar-refractivity contribution in [3.05, 3.63) is 59.2 Å². The molecule has 21 heavy (non-hydrogen) atoms. The largest absolute Gasteiger partial charge is 0.478 e. The van der Waals surface area contributed by atoms with Crippen molar-refractivity contribution in [1.29, 1.82) is 0 Å². The number of halogens is 2. The molecular weight excluding hydrogens is 282 g/mol. The second kappa shape index (κ2) is 5.58. The minimum absolute atomic E-state index is 0.154. The summed E-state index contributed by atoms with van der Waals surface area (Å²) in [6.07, 6.45) is 0. The molecule has 4 N–H and O–H groups in total. The van der Waals surface area contributed by atoms with E-state index < -0.39 is 23.5 Å². The van der Waals surface area contributed by atoms with Gasteiger partial charge >= 0.3 is 5.97 Å². The third-order valence-electron chi connectivity index (χ3n) is 2.70. The lowest BCUT2D eigenvalue weighted by Gasteiger charge is -2.08. The fraction of sp³-hybridized carbons (Fsp3) is 0. The summed E-state index contributed by atoms with van der Waals surface area (Å²) in [6, 6.07) is 6.45. The van der Waals surface area contributed by atoms with Gasteiger partial charge in [0.2, 0.25) is 0 Å². The minimum Gasteiger partial charge on any atom is -0.478 e. The van der Waals surface area contributed by atoms with Gasteiger partial charge in [-0.3, -0.25) is 4.79 Å². The Kier molecular flexibility index (Phi) is 3.84. The van der Waals surface area contributed by atoms with Crippen LogP contribution in [-0.2, 0) is 0 Å². The highest BCUT2D eigenvalue weighted by Crippen LogP contribution is 2.18. The molecule has 108 valence electrons. The summed E-state index contributed by atoms with van der Waals surface area (Å²) in [4.78, 5) is 22.5. The molecule has 0 aliphatic carbocycles. The first kappa shape index (κ1) is 14.4. The predicted molar refractivity (Wildman–Crippen MR) is 72.1 cm³/mol. The number of hydrogen-bond donors (Lipinski definition) is 3. The number of carbonyl (C=O) groups excluding carboxylic acids is 1. The van der Waals surface area contributed by atoms with Gasteiger partial charge in [0, 0.05) is 5.69 Å². The number of carboxylic acids is 1. The molecule has 0 aromatic heterocycles. The Morgan fingerprint density at radius 2 is 1.76 bits per heavy atom. The molecule has 0 atom stereocenters. The summed E-state index contributed by atoms with van der Waals surface area (Å²) in [5.74, 6) is -3.93. The SMILES string of the molecule is Nc1ccc(C(=O)Nc2ccc(C(=O)O)cc2F)c(F)c1. The van der Waals surface area contributed by atoms with Crippen LogP contribution in [-0.4, -0.2) is 17.0 Å². The van der Waals surface area contributed by atoms with Crippen molar-refractivity contribution in [2.75, 3.05) is 11.1 Å². The van der Waals surface area contributed by atoms with Crippen LogP contribution in [0.3, 0.4) is 0 Å². The highest BCUT2D eigenvalue weighted by Gasteiger charge is 2.15. The number of carbonyl (C=O) groups is 2. The fourth-order valence-electron chi connectivity index (χ4n) is 1.65. The second-order valence-corrected chi connectivity index (χ2v) is 4.19. The number of benzene rings is 2. The molecule has 2 aromatic rings. The maximum Gasteiger partial charge on any atom is 0.335 e. The number of anilines is 2. The minimum atomic E-state index is -1.30. The molecule has 7 heteroatoms. The number of nitrogens with two attached hydrogens (primary N) is 1. The third kappa shape index (κ3) is 3.14. The molecule has 0 radical (unpaired) electrons. The van der Waals surface area contributed by atoms with Crippen molar-refractivity contribution in [2.24, 2.45) is 0 Å². The predicted octanol–water partition coefficient (Wildman–Crippen LogP) is 2.50. The van der Waals surface area contributed by atoms with Gasteiger partial charge in [0.15, 0.2) is 0 Å². The third-order valence-corrected chi connectivity index (χ3v) is 2.70. The van der Waals surface area contributed by atoms with Gasteiger partial charge in [-0.1, -0.05) is 0 Å². The Bertz CT molecular complexity index is 732. The standard InChI is InChI=1S/C14H10F2N2O3/c15-10-6-8(17)2-3-9(10)13(19)18-12-4-1-7(14(20)21)5-11(12)16/h1-6H,17H2,(H,18,19)(H,20,21). The Morgan fingerprint density at radius 3 is 2.33 bits per heavy atom. The Labute approximate surface area is 118 Å². The molecule has 0 saturated heterocycles. The maximum atomic E-state index is 13.7. The molecule has 0 spiro atoms. The van der Waals surface area contributed by atoms with E-state index in [1.54, 1.807) is 0 Å². The molecule has 0 saturated carbocycles. The van der Waals surface area contributed by atoms with Gasteiger partial charge < -0.3 is 16.2 Å². The molecule has 0 aliphatic heterocycles. The van der Waals surface area contributed by atoms with Gasteiger partial charge in [-0.25, -0.2) is 13.6 Å². The summed E-state index contributed by atoms with van der Waals surface area (Å²) in [7, 11) is 0. The molecule has 0 aliphatic rings. The van der Waals surface area contributed by atoms with Crippen LogP contribution in [0.2, 0.25) is 0 Å². The normalized spacial score (nSPS) is 10.2. The Morgan fingerprint density at radius 1 is 1.05 bits per heavy atom. The van der Waals surface area contributed by atoms with E-state index in [0.29, 0.717) is 0 Å². The number of nitrogen functional groups attached to an aromatic ring is 1. The van der Waals surface area contributed by atoms with E-state index in [1.165, 1.54) is 12.1 Å². The van der Waals surface area contributed by atoms with E-state index in [-0.39, 0.29) is 22.5 Å². The smallest absolute Gasteiger partial charge is 0.335 e. The lowest BCUT2D eigenvalue weighted by molar-refractivity contribution is 0.0696. The lowest BCUT2D eigenvalue weighted by atomic mass is 10.1. The first-order valence-corrected chi connectivity index (χ1v) is 5.77. The van der Waals surface area contributed by atoms with Gasteiger partial charge in [-0.15, -0.1) is 0 Å². The van der Waals surface area contributed by atoms with E-state index >= 15 is 0 Å². The summed E-state index contributed by atoms with van der Waals surface area (Å²) in [5.41, 5.74) is 4.71. The number of amides is 1. The van der Waals surface area contributed by atoms with E-state index in [2.05, 4.69) is 5.32 Å². The van der Waals surface area contributed by atoms with Crippen LogP contribution in [0.25, 0.3) is 0 Å². The zero-order valence-electron chi connectivity index (χ0n) is 10.6. The monoisotopic (exact) mass is 292 g/mol. The Hall–Kier alpha value is -2.96. The maximum absolute atomic E-state index is 13.7. The van der Waals surface area contributed by atoms with Crippen LogP contribution < -0.4 is 11.1 Å². The topological polar surface area (TPSA) is 92.4 Å². The van der Waals surface area contributed by atoms with E-state index in [4.69, 9.17) is 10.8 Å². The molecule has 5 nitrogen and oxygen atoms in total. The van der Waals surface area contributed by atoms with Crippen molar-refractivity contribution < 1.29 is 23.5 Å². The van der Waals surface area contributed by atoms with Crippen molar-refractivity contribution >= 4 is 23.3 Å². The van der Waals surface area contributed by atoms with Crippen LogP contribution in [0.15, 0.2) is 36.4 Å². The second-order valence-electron chi connectivity index (χ2n) is 4.19. The average Bonchev–Trinajstić information content (AvgIpc) is 2.40. The summed E-state index contributed by atoms with van der Waals surface area (Å²) < 4.78 is 27.2. The molecule has 1 amide bonds. The summed E-state index contributed by atoms with van der Waals surface area (Å²) in [5, 5.41) is 10.9. The zero-order chi connectivity index (χ0) is 15.6. The number of aromatic carboxylic acids is 1. The van der Waals surface area contributed by atoms with Crippen molar-refractivity contribution in [1.82, 2.24) is 0 Å². The summed E-state index contributed by atoms with van der Waals surface area (Å²) >= 11 is 0. The van der Waals surface area contributed by atoms with Crippen LogP contribution in [0.4, 0.5) is 20.2 Å².